The van der Waals surface area contributed by atoms with Gasteiger partial charge in [-0.2, -0.15) is 0 Å². The lowest BCUT2D eigenvalue weighted by Gasteiger charge is -2.19. The molecule has 0 aliphatic rings. The molecule has 108 valence electrons. The second kappa shape index (κ2) is 8.99. The van der Waals surface area contributed by atoms with Crippen LogP contribution < -0.4 is 5.32 Å². The summed E-state index contributed by atoms with van der Waals surface area (Å²) in [6.07, 6.45) is -0.734. The summed E-state index contributed by atoms with van der Waals surface area (Å²) in [5.41, 5.74) is 2.56. The third-order valence-corrected chi connectivity index (χ3v) is 3.07. The minimum atomic E-state index is -2.38. The van der Waals surface area contributed by atoms with Gasteiger partial charge in [-0.25, -0.2) is 8.78 Å². The Labute approximate surface area is 114 Å². The number of alkyl halides is 2. The second-order valence-corrected chi connectivity index (χ2v) is 4.64. The molecule has 0 spiro atoms. The zero-order chi connectivity index (χ0) is 14.1. The maximum atomic E-state index is 12.0. The molecule has 0 aromatic heterocycles. The summed E-state index contributed by atoms with van der Waals surface area (Å²) < 4.78 is 28.9. The Kier molecular flexibility index (Phi) is 7.60. The Morgan fingerprint density at radius 2 is 2.00 bits per heavy atom. The number of halogens is 2. The first-order chi connectivity index (χ1) is 9.13. The summed E-state index contributed by atoms with van der Waals surface area (Å²) in [6, 6.07) is 8.51. The van der Waals surface area contributed by atoms with E-state index >= 15 is 0 Å². The molecule has 0 aliphatic carbocycles. The molecule has 1 atom stereocenters. The average molecular weight is 271 g/mol. The van der Waals surface area contributed by atoms with Crippen molar-refractivity contribution in [3.63, 3.8) is 0 Å². The fourth-order valence-electron chi connectivity index (χ4n) is 2.07. The van der Waals surface area contributed by atoms with Crippen molar-refractivity contribution in [2.75, 3.05) is 19.8 Å². The van der Waals surface area contributed by atoms with Gasteiger partial charge in [-0.05, 0) is 37.4 Å². The van der Waals surface area contributed by atoms with E-state index in [1.165, 1.54) is 11.1 Å². The molecule has 0 fully saturated rings. The van der Waals surface area contributed by atoms with Crippen LogP contribution in [0.3, 0.4) is 0 Å². The predicted molar refractivity (Wildman–Crippen MR) is 73.8 cm³/mol. The number of hydrogen-bond acceptors (Lipinski definition) is 2. The Balaban J connectivity index is 2.42. The molecule has 0 bridgehead atoms. The van der Waals surface area contributed by atoms with Crippen LogP contribution in [0.5, 0.6) is 0 Å². The highest BCUT2D eigenvalue weighted by molar-refractivity contribution is 5.26. The topological polar surface area (TPSA) is 21.3 Å². The van der Waals surface area contributed by atoms with Crippen LogP contribution in [-0.2, 0) is 11.2 Å². The normalized spacial score (nSPS) is 12.9. The fraction of sp³-hybridized carbons (Fsp3) is 0.600. The van der Waals surface area contributed by atoms with Crippen LogP contribution in [0.15, 0.2) is 24.3 Å². The Bertz CT molecular complexity index is 358. The first-order valence-corrected chi connectivity index (χ1v) is 6.77. The molecule has 0 heterocycles. The maximum Gasteiger partial charge on any atom is 0.261 e. The molecule has 0 amide bonds. The number of hydrogen-bond donors (Lipinski definition) is 1. The van der Waals surface area contributed by atoms with Crippen molar-refractivity contribution < 1.29 is 13.5 Å². The minimum Gasteiger partial charge on any atom is -0.375 e. The Hall–Kier alpha value is -1.00. The van der Waals surface area contributed by atoms with Crippen molar-refractivity contribution in [3.8, 4) is 0 Å². The van der Waals surface area contributed by atoms with Gasteiger partial charge in [0, 0.05) is 12.6 Å². The van der Waals surface area contributed by atoms with Crippen molar-refractivity contribution in [2.24, 2.45) is 0 Å². The summed E-state index contributed by atoms with van der Waals surface area (Å²) in [4.78, 5) is 0. The van der Waals surface area contributed by atoms with E-state index in [9.17, 15) is 8.78 Å². The lowest BCUT2D eigenvalue weighted by Crippen LogP contribution is -2.32. The van der Waals surface area contributed by atoms with Crippen molar-refractivity contribution >= 4 is 0 Å². The number of likely N-dealkylation sites (N-methyl/N-ethyl adjacent to an activating group) is 1. The van der Waals surface area contributed by atoms with Crippen LogP contribution in [0.1, 0.15) is 24.5 Å². The van der Waals surface area contributed by atoms with Gasteiger partial charge < -0.3 is 10.1 Å². The zero-order valence-corrected chi connectivity index (χ0v) is 11.7. The summed E-state index contributed by atoms with van der Waals surface area (Å²) in [5.74, 6) is 0. The zero-order valence-electron chi connectivity index (χ0n) is 11.7. The van der Waals surface area contributed by atoms with E-state index in [1.54, 1.807) is 0 Å². The van der Waals surface area contributed by atoms with Gasteiger partial charge in [0.1, 0.15) is 6.61 Å². The molecule has 1 unspecified atom stereocenters. The van der Waals surface area contributed by atoms with Gasteiger partial charge in [0.05, 0.1) is 0 Å². The molecule has 1 N–H and O–H groups in total. The number of rotatable bonds is 9. The smallest absolute Gasteiger partial charge is 0.261 e. The Morgan fingerprint density at radius 1 is 1.26 bits per heavy atom. The molecule has 2 nitrogen and oxygen atoms in total. The molecule has 1 aromatic rings. The van der Waals surface area contributed by atoms with Gasteiger partial charge >= 0.3 is 0 Å². The van der Waals surface area contributed by atoms with Gasteiger partial charge in [-0.15, -0.1) is 0 Å². The number of aryl methyl sites for hydroxylation is 1. The third-order valence-electron chi connectivity index (χ3n) is 3.07. The lowest BCUT2D eigenvalue weighted by atomic mass is 9.99. The van der Waals surface area contributed by atoms with Crippen LogP contribution in [0.2, 0.25) is 0 Å². The SMILES string of the molecule is CCNC(CCOCC(F)F)Cc1ccccc1C. The summed E-state index contributed by atoms with van der Waals surface area (Å²) >= 11 is 0. The fourth-order valence-corrected chi connectivity index (χ4v) is 2.07. The van der Waals surface area contributed by atoms with Gasteiger partial charge in [-0.1, -0.05) is 31.2 Å². The standard InChI is InChI=1S/C15H23F2NO/c1-3-18-14(8-9-19-11-15(16)17)10-13-7-5-4-6-12(13)2/h4-7,14-15,18H,3,8-11H2,1-2H3. The first-order valence-electron chi connectivity index (χ1n) is 6.77. The van der Waals surface area contributed by atoms with Crippen LogP contribution in [0, 0.1) is 6.92 Å². The van der Waals surface area contributed by atoms with E-state index in [-0.39, 0.29) is 6.04 Å². The predicted octanol–water partition coefficient (Wildman–Crippen LogP) is 3.19. The summed E-state index contributed by atoms with van der Waals surface area (Å²) in [5, 5.41) is 3.38. The van der Waals surface area contributed by atoms with E-state index in [2.05, 4.69) is 24.4 Å². The average Bonchev–Trinajstić information content (AvgIpc) is 2.37. The van der Waals surface area contributed by atoms with Crippen LogP contribution >= 0.6 is 0 Å². The van der Waals surface area contributed by atoms with Crippen molar-refractivity contribution in [2.45, 2.75) is 39.2 Å². The quantitative estimate of drug-likeness (QED) is 0.696. The number of ether oxygens (including phenoxy) is 1. The van der Waals surface area contributed by atoms with E-state index in [0.29, 0.717) is 6.61 Å². The molecule has 1 aromatic carbocycles. The lowest BCUT2D eigenvalue weighted by molar-refractivity contribution is 0.0144. The highest BCUT2D eigenvalue weighted by atomic mass is 19.3. The second-order valence-electron chi connectivity index (χ2n) is 4.64. The highest BCUT2D eigenvalue weighted by Gasteiger charge is 2.10. The van der Waals surface area contributed by atoms with Crippen molar-refractivity contribution in [3.05, 3.63) is 35.4 Å². The maximum absolute atomic E-state index is 12.0. The van der Waals surface area contributed by atoms with Gasteiger partial charge in [0.25, 0.3) is 6.43 Å². The van der Waals surface area contributed by atoms with Gasteiger partial charge in [0.15, 0.2) is 0 Å². The van der Waals surface area contributed by atoms with Crippen molar-refractivity contribution in [1.29, 1.82) is 0 Å². The van der Waals surface area contributed by atoms with Gasteiger partial charge in [-0.3, -0.25) is 0 Å². The number of nitrogens with one attached hydrogen (secondary N) is 1. The molecule has 0 radical (unpaired) electrons. The van der Waals surface area contributed by atoms with Crippen molar-refractivity contribution in [1.82, 2.24) is 5.32 Å². The third kappa shape index (κ3) is 6.64. The Morgan fingerprint density at radius 3 is 2.63 bits per heavy atom. The van der Waals surface area contributed by atoms with E-state index in [4.69, 9.17) is 4.74 Å². The van der Waals surface area contributed by atoms with E-state index in [0.717, 1.165) is 19.4 Å². The monoisotopic (exact) mass is 271 g/mol. The largest absolute Gasteiger partial charge is 0.375 e. The molecule has 1 rings (SSSR count). The number of benzene rings is 1. The molecule has 19 heavy (non-hydrogen) atoms. The molecule has 0 saturated carbocycles. The molecule has 0 aliphatic heterocycles. The summed E-state index contributed by atoms with van der Waals surface area (Å²) in [6.45, 7) is 4.90. The van der Waals surface area contributed by atoms with Crippen LogP contribution in [0.4, 0.5) is 8.78 Å². The molecular weight excluding hydrogens is 248 g/mol. The van der Waals surface area contributed by atoms with E-state index in [1.807, 2.05) is 19.1 Å². The molecule has 0 saturated heterocycles. The van der Waals surface area contributed by atoms with E-state index < -0.39 is 13.0 Å². The minimum absolute atomic E-state index is 0.267. The van der Waals surface area contributed by atoms with Crippen LogP contribution in [-0.4, -0.2) is 32.2 Å². The highest BCUT2D eigenvalue weighted by Crippen LogP contribution is 2.11. The molecule has 4 heteroatoms. The molecular formula is C15H23F2NO. The first kappa shape index (κ1) is 16.1. The van der Waals surface area contributed by atoms with Gasteiger partial charge in [0.2, 0.25) is 0 Å². The summed E-state index contributed by atoms with van der Waals surface area (Å²) in [7, 11) is 0. The van der Waals surface area contributed by atoms with Crippen LogP contribution in [0.25, 0.3) is 0 Å².